The molecule has 0 bridgehead atoms. The first-order valence-corrected chi connectivity index (χ1v) is 11.7. The van der Waals surface area contributed by atoms with Crippen LogP contribution in [-0.4, -0.2) is 62.5 Å². The van der Waals surface area contributed by atoms with Gasteiger partial charge in [0.15, 0.2) is 0 Å². The molecule has 10 nitrogen and oxygen atoms in total. The molecule has 2 aliphatic heterocycles. The van der Waals surface area contributed by atoms with Crippen molar-refractivity contribution in [3.8, 4) is 11.8 Å². The molecule has 0 saturated carbocycles. The number of unbranched alkanes of at least 4 members (excludes halogenated alkanes) is 3. The maximum absolute atomic E-state index is 11.9. The largest absolute Gasteiger partial charge is 0.492 e. The summed E-state index contributed by atoms with van der Waals surface area (Å²) in [4.78, 5) is 39.9. The molecule has 2 aliphatic rings. The summed E-state index contributed by atoms with van der Waals surface area (Å²) in [6.07, 6.45) is 5.52. The molecule has 2 saturated heterocycles. The zero-order valence-electron chi connectivity index (χ0n) is 17.3. The Kier molecular flexibility index (Phi) is 8.33. The number of rotatable bonds is 12. The van der Waals surface area contributed by atoms with Gasteiger partial charge in [-0.15, -0.1) is 4.73 Å². The first-order chi connectivity index (χ1) is 14.9. The van der Waals surface area contributed by atoms with Crippen LogP contribution in [0, 0.1) is 0 Å². The van der Waals surface area contributed by atoms with Gasteiger partial charge < -0.3 is 31.0 Å². The lowest BCUT2D eigenvalue weighted by Crippen LogP contribution is -2.36. The zero-order chi connectivity index (χ0) is 22.2. The highest BCUT2D eigenvalue weighted by molar-refractivity contribution is 8.00. The molecule has 3 rings (SSSR count). The van der Waals surface area contributed by atoms with Gasteiger partial charge in [0, 0.05) is 42.5 Å². The van der Waals surface area contributed by atoms with Gasteiger partial charge in [-0.1, -0.05) is 12.8 Å². The van der Waals surface area contributed by atoms with E-state index in [9.17, 15) is 24.6 Å². The van der Waals surface area contributed by atoms with E-state index in [1.165, 1.54) is 12.1 Å². The van der Waals surface area contributed by atoms with Crippen molar-refractivity contribution in [3.05, 3.63) is 12.1 Å². The number of hydrogen-bond donors (Lipinski definition) is 5. The van der Waals surface area contributed by atoms with Crippen LogP contribution in [0.2, 0.25) is 0 Å². The molecule has 3 heterocycles. The minimum Gasteiger partial charge on any atom is -0.492 e. The standard InChI is InChI=1S/C20H30N4O6S/c25-15(7-4-3-6-14-19-13(12-31-14)22-20(29)23-19)21-11-5-1-2-8-18(28)30-24-16(26)9-10-17(24)27/h9-10,13-14,19,26-27H,1-8,11-12H2,(H,21,25)(H2,22,23,29)/t13?,14-,19?/m1/s1. The molecule has 2 unspecified atom stereocenters. The van der Waals surface area contributed by atoms with Gasteiger partial charge in [0.2, 0.25) is 17.7 Å². The van der Waals surface area contributed by atoms with E-state index in [-0.39, 0.29) is 42.2 Å². The molecule has 2 fully saturated rings. The molecule has 1 aromatic rings. The first-order valence-electron chi connectivity index (χ1n) is 10.7. The average molecular weight is 455 g/mol. The number of fused-ring (bicyclic) bond motifs is 1. The Hall–Kier alpha value is -2.56. The molecule has 0 aromatic carbocycles. The molecule has 0 spiro atoms. The molecular formula is C20H30N4O6S. The fraction of sp³-hybridized carbons (Fsp3) is 0.650. The first kappa shape index (κ1) is 23.1. The highest BCUT2D eigenvalue weighted by Crippen LogP contribution is 2.33. The van der Waals surface area contributed by atoms with E-state index in [1.807, 2.05) is 11.8 Å². The molecule has 0 aliphatic carbocycles. The molecule has 11 heteroatoms. The maximum Gasteiger partial charge on any atom is 0.333 e. The van der Waals surface area contributed by atoms with Crippen molar-refractivity contribution in [2.24, 2.45) is 0 Å². The van der Waals surface area contributed by atoms with Gasteiger partial charge in [-0.05, 0) is 25.7 Å². The molecule has 0 radical (unpaired) electrons. The van der Waals surface area contributed by atoms with Crippen molar-refractivity contribution in [2.75, 3.05) is 12.3 Å². The van der Waals surface area contributed by atoms with Crippen molar-refractivity contribution < 1.29 is 29.4 Å². The second kappa shape index (κ2) is 11.2. The van der Waals surface area contributed by atoms with Crippen LogP contribution in [0.4, 0.5) is 4.79 Å². The van der Waals surface area contributed by atoms with Gasteiger partial charge >= 0.3 is 12.0 Å². The number of aromatic hydroxyl groups is 2. The molecule has 172 valence electrons. The van der Waals surface area contributed by atoms with Crippen molar-refractivity contribution in [3.63, 3.8) is 0 Å². The van der Waals surface area contributed by atoms with Crippen LogP contribution < -0.4 is 20.8 Å². The third-order valence-electron chi connectivity index (χ3n) is 5.45. The quantitative estimate of drug-likeness (QED) is 0.236. The monoisotopic (exact) mass is 454 g/mol. The second-order valence-electron chi connectivity index (χ2n) is 7.84. The Morgan fingerprint density at radius 2 is 1.84 bits per heavy atom. The number of nitrogens with zero attached hydrogens (tertiary/aromatic N) is 1. The normalized spacial score (nSPS) is 21.9. The highest BCUT2D eigenvalue weighted by Gasteiger charge is 2.42. The van der Waals surface area contributed by atoms with Crippen molar-refractivity contribution in [1.29, 1.82) is 0 Å². The topological polar surface area (TPSA) is 142 Å². The van der Waals surface area contributed by atoms with Crippen molar-refractivity contribution in [2.45, 2.75) is 68.7 Å². The predicted octanol–water partition coefficient (Wildman–Crippen LogP) is 1.26. The van der Waals surface area contributed by atoms with Crippen molar-refractivity contribution in [1.82, 2.24) is 20.7 Å². The van der Waals surface area contributed by atoms with E-state index < -0.39 is 5.97 Å². The second-order valence-corrected chi connectivity index (χ2v) is 9.11. The Morgan fingerprint density at radius 3 is 2.61 bits per heavy atom. The van der Waals surface area contributed by atoms with Crippen LogP contribution in [0.3, 0.4) is 0 Å². The minimum absolute atomic E-state index is 0.0331. The molecule has 1 aromatic heterocycles. The Balaban J connectivity index is 1.16. The highest BCUT2D eigenvalue weighted by atomic mass is 32.2. The van der Waals surface area contributed by atoms with E-state index in [0.717, 1.165) is 37.9 Å². The third-order valence-corrected chi connectivity index (χ3v) is 6.96. The summed E-state index contributed by atoms with van der Waals surface area (Å²) in [6, 6.07) is 2.82. The SMILES string of the molecule is O=C(CCCC[C@H]1SCC2NC(=O)NC21)NCCCCCC(=O)On1c(O)ccc1O. The third kappa shape index (κ3) is 6.71. The Labute approximate surface area is 185 Å². The van der Waals surface area contributed by atoms with Gasteiger partial charge in [0.05, 0.1) is 12.1 Å². The summed E-state index contributed by atoms with van der Waals surface area (Å²) in [5, 5.41) is 28.1. The average Bonchev–Trinajstić information content (AvgIpc) is 3.38. The number of nitrogens with one attached hydrogen (secondary N) is 3. The number of thioether (sulfide) groups is 1. The molecule has 5 N–H and O–H groups in total. The number of urea groups is 1. The summed E-state index contributed by atoms with van der Waals surface area (Å²) >= 11 is 1.88. The smallest absolute Gasteiger partial charge is 0.333 e. The minimum atomic E-state index is -0.550. The zero-order valence-corrected chi connectivity index (χ0v) is 18.2. The van der Waals surface area contributed by atoms with Crippen LogP contribution >= 0.6 is 11.8 Å². The van der Waals surface area contributed by atoms with E-state index in [2.05, 4.69) is 16.0 Å². The van der Waals surface area contributed by atoms with Gasteiger partial charge in [-0.25, -0.2) is 9.59 Å². The lowest BCUT2D eigenvalue weighted by atomic mass is 10.0. The molecule has 31 heavy (non-hydrogen) atoms. The van der Waals surface area contributed by atoms with E-state index in [1.54, 1.807) is 0 Å². The van der Waals surface area contributed by atoms with Crippen LogP contribution in [0.5, 0.6) is 11.8 Å². The number of carbonyl (C=O) groups excluding carboxylic acids is 3. The molecular weight excluding hydrogens is 424 g/mol. The maximum atomic E-state index is 11.9. The van der Waals surface area contributed by atoms with Crippen molar-refractivity contribution >= 4 is 29.7 Å². The van der Waals surface area contributed by atoms with Gasteiger partial charge in [-0.3, -0.25) is 4.79 Å². The fourth-order valence-electron chi connectivity index (χ4n) is 3.80. The van der Waals surface area contributed by atoms with Crippen LogP contribution in [-0.2, 0) is 9.59 Å². The number of carbonyl (C=O) groups is 3. The van der Waals surface area contributed by atoms with Gasteiger partial charge in [-0.2, -0.15) is 11.8 Å². The summed E-state index contributed by atoms with van der Waals surface area (Å²) in [6.45, 7) is 0.562. The summed E-state index contributed by atoms with van der Waals surface area (Å²) in [7, 11) is 0. The van der Waals surface area contributed by atoms with Crippen LogP contribution in [0.1, 0.15) is 51.4 Å². The lowest BCUT2D eigenvalue weighted by Gasteiger charge is -2.16. The summed E-state index contributed by atoms with van der Waals surface area (Å²) < 4.78 is 0.674. The molecule has 3 amide bonds. The van der Waals surface area contributed by atoms with Gasteiger partial charge in [0.25, 0.3) is 0 Å². The predicted molar refractivity (Wildman–Crippen MR) is 115 cm³/mol. The van der Waals surface area contributed by atoms with Crippen LogP contribution in [0.15, 0.2) is 12.1 Å². The number of aromatic nitrogens is 1. The van der Waals surface area contributed by atoms with E-state index in [4.69, 9.17) is 4.84 Å². The number of amides is 3. The van der Waals surface area contributed by atoms with E-state index >= 15 is 0 Å². The molecule has 3 atom stereocenters. The Morgan fingerprint density at radius 1 is 1.10 bits per heavy atom. The van der Waals surface area contributed by atoms with E-state index in [0.29, 0.717) is 29.4 Å². The van der Waals surface area contributed by atoms with Crippen LogP contribution in [0.25, 0.3) is 0 Å². The summed E-state index contributed by atoms with van der Waals surface area (Å²) in [5.74, 6) is -0.260. The lowest BCUT2D eigenvalue weighted by molar-refractivity contribution is -0.145. The summed E-state index contributed by atoms with van der Waals surface area (Å²) in [5.41, 5.74) is 0. The number of hydrogen-bond acceptors (Lipinski definition) is 7. The Bertz CT molecular complexity index is 766. The fourth-order valence-corrected chi connectivity index (χ4v) is 5.35. The van der Waals surface area contributed by atoms with Gasteiger partial charge in [0.1, 0.15) is 0 Å².